The van der Waals surface area contributed by atoms with E-state index in [1.807, 2.05) is 0 Å². The number of fused-ring (bicyclic) bond motifs is 3. The average Bonchev–Trinajstić information content (AvgIpc) is 2.90. The topological polar surface area (TPSA) is 12.5 Å². The van der Waals surface area contributed by atoms with Crippen molar-refractivity contribution in [2.24, 2.45) is 5.92 Å². The molecule has 0 aromatic heterocycles. The molecular weight excluding hydrogens is 270 g/mol. The lowest BCUT2D eigenvalue weighted by Gasteiger charge is -2.37. The summed E-state index contributed by atoms with van der Waals surface area (Å²) < 4.78 is 5.32. The van der Waals surface area contributed by atoms with Crippen LogP contribution in [0.2, 0.25) is 0 Å². The smallest absolute Gasteiger partial charge is 0.118 e. The molecule has 0 N–H and O–H groups in total. The highest BCUT2D eigenvalue weighted by molar-refractivity contribution is 5.47. The van der Waals surface area contributed by atoms with E-state index in [9.17, 15) is 0 Å². The van der Waals surface area contributed by atoms with Gasteiger partial charge in [-0.15, -0.1) is 0 Å². The molecule has 2 nitrogen and oxygen atoms in total. The maximum absolute atomic E-state index is 5.32. The van der Waals surface area contributed by atoms with E-state index < -0.39 is 0 Å². The second kappa shape index (κ2) is 5.44. The zero-order valence-corrected chi connectivity index (χ0v) is 13.3. The fraction of sp³-hybridized carbons (Fsp3) is 0.400. The first-order valence-corrected chi connectivity index (χ1v) is 8.22. The Hall–Kier alpha value is -1.80. The maximum atomic E-state index is 5.32. The Morgan fingerprint density at radius 3 is 2.45 bits per heavy atom. The fourth-order valence-corrected chi connectivity index (χ4v) is 4.55. The summed E-state index contributed by atoms with van der Waals surface area (Å²) in [5.74, 6) is 2.16. The Morgan fingerprint density at radius 1 is 1.00 bits per heavy atom. The molecule has 0 radical (unpaired) electrons. The summed E-state index contributed by atoms with van der Waals surface area (Å²) in [6.07, 6.45) is 2.62. The van der Waals surface area contributed by atoms with Crippen LogP contribution in [0.5, 0.6) is 5.75 Å². The number of ether oxygens (including phenoxy) is 1. The van der Waals surface area contributed by atoms with Crippen LogP contribution in [0.3, 0.4) is 0 Å². The number of hydrogen-bond donors (Lipinski definition) is 0. The highest BCUT2D eigenvalue weighted by Gasteiger charge is 2.44. The third kappa shape index (κ3) is 2.05. The molecule has 0 unspecified atom stereocenters. The SMILES string of the molecule is COc1ccc([C@@H]2c3ccccc3[C@@H]3[C@H]2CCCN3C)cc1. The Balaban J connectivity index is 1.80. The van der Waals surface area contributed by atoms with Gasteiger partial charge in [-0.25, -0.2) is 0 Å². The molecule has 1 heterocycles. The molecule has 114 valence electrons. The van der Waals surface area contributed by atoms with Crippen molar-refractivity contribution in [1.82, 2.24) is 4.90 Å². The van der Waals surface area contributed by atoms with Crippen LogP contribution < -0.4 is 4.74 Å². The second-order valence-electron chi connectivity index (χ2n) is 6.61. The highest BCUT2D eigenvalue weighted by atomic mass is 16.5. The number of piperidine rings is 1. The molecule has 2 aromatic carbocycles. The first kappa shape index (κ1) is 13.8. The van der Waals surface area contributed by atoms with Crippen LogP contribution in [0.1, 0.15) is 41.5 Å². The summed E-state index contributed by atoms with van der Waals surface area (Å²) >= 11 is 0. The molecule has 1 aliphatic carbocycles. The van der Waals surface area contributed by atoms with Gasteiger partial charge in [0.25, 0.3) is 0 Å². The van der Waals surface area contributed by atoms with E-state index in [0.717, 1.165) is 5.75 Å². The minimum absolute atomic E-state index is 0.523. The number of methoxy groups -OCH3 is 1. The van der Waals surface area contributed by atoms with Gasteiger partial charge in [-0.05, 0) is 61.2 Å². The minimum Gasteiger partial charge on any atom is -0.497 e. The molecule has 3 atom stereocenters. The van der Waals surface area contributed by atoms with Crippen LogP contribution >= 0.6 is 0 Å². The number of likely N-dealkylation sites (tertiary alicyclic amines) is 1. The van der Waals surface area contributed by atoms with Crippen LogP contribution in [0.4, 0.5) is 0 Å². The van der Waals surface area contributed by atoms with Crippen molar-refractivity contribution < 1.29 is 4.74 Å². The number of hydrogen-bond acceptors (Lipinski definition) is 2. The minimum atomic E-state index is 0.523. The molecule has 0 saturated carbocycles. The normalized spacial score (nSPS) is 27.3. The molecule has 0 amide bonds. The number of benzene rings is 2. The van der Waals surface area contributed by atoms with Crippen molar-refractivity contribution in [3.63, 3.8) is 0 Å². The Labute approximate surface area is 132 Å². The second-order valence-corrected chi connectivity index (χ2v) is 6.61. The quantitative estimate of drug-likeness (QED) is 0.822. The first-order chi connectivity index (χ1) is 10.8. The third-order valence-corrected chi connectivity index (χ3v) is 5.48. The molecule has 2 heteroatoms. The van der Waals surface area contributed by atoms with Crippen LogP contribution in [-0.4, -0.2) is 25.6 Å². The maximum Gasteiger partial charge on any atom is 0.118 e. The lowest BCUT2D eigenvalue weighted by Crippen LogP contribution is -2.34. The van der Waals surface area contributed by atoms with Gasteiger partial charge in [0.1, 0.15) is 5.75 Å². The summed E-state index contributed by atoms with van der Waals surface area (Å²) in [5, 5.41) is 0. The van der Waals surface area contributed by atoms with E-state index in [4.69, 9.17) is 4.74 Å². The Morgan fingerprint density at radius 2 is 1.73 bits per heavy atom. The van der Waals surface area contributed by atoms with E-state index in [1.165, 1.54) is 36.1 Å². The van der Waals surface area contributed by atoms with Crippen molar-refractivity contribution in [1.29, 1.82) is 0 Å². The summed E-state index contributed by atoms with van der Waals surface area (Å²) in [7, 11) is 4.01. The standard InChI is InChI=1S/C20H23NO/c1-21-13-5-8-18-19(14-9-11-15(22-2)12-10-14)16-6-3-4-7-17(16)20(18)21/h3-4,6-7,9-12,18-20H,5,8,13H2,1-2H3/t18-,19+,20+/m0/s1. The summed E-state index contributed by atoms with van der Waals surface area (Å²) in [5.41, 5.74) is 4.49. The number of nitrogens with zero attached hydrogens (tertiary/aromatic N) is 1. The van der Waals surface area contributed by atoms with Gasteiger partial charge >= 0.3 is 0 Å². The largest absolute Gasteiger partial charge is 0.497 e. The van der Waals surface area contributed by atoms with Crippen molar-refractivity contribution in [2.45, 2.75) is 24.8 Å². The molecule has 2 aromatic rings. The van der Waals surface area contributed by atoms with Gasteiger partial charge in [-0.1, -0.05) is 36.4 Å². The van der Waals surface area contributed by atoms with Gasteiger partial charge in [0.2, 0.25) is 0 Å². The van der Waals surface area contributed by atoms with Gasteiger partial charge in [-0.2, -0.15) is 0 Å². The van der Waals surface area contributed by atoms with Crippen molar-refractivity contribution >= 4 is 0 Å². The average molecular weight is 293 g/mol. The summed E-state index contributed by atoms with van der Waals surface area (Å²) in [6, 6.07) is 18.3. The predicted octanol–water partition coefficient (Wildman–Crippen LogP) is 4.22. The van der Waals surface area contributed by atoms with Crippen LogP contribution in [-0.2, 0) is 0 Å². The monoisotopic (exact) mass is 293 g/mol. The van der Waals surface area contributed by atoms with E-state index in [0.29, 0.717) is 17.9 Å². The molecular formula is C20H23NO. The first-order valence-electron chi connectivity index (χ1n) is 8.22. The summed E-state index contributed by atoms with van der Waals surface area (Å²) in [4.78, 5) is 2.55. The molecule has 22 heavy (non-hydrogen) atoms. The molecule has 4 rings (SSSR count). The van der Waals surface area contributed by atoms with Crippen molar-refractivity contribution in [3.8, 4) is 5.75 Å². The van der Waals surface area contributed by atoms with Gasteiger partial charge in [0.15, 0.2) is 0 Å². The predicted molar refractivity (Wildman–Crippen MR) is 89.4 cm³/mol. The van der Waals surface area contributed by atoms with Gasteiger partial charge in [0, 0.05) is 12.0 Å². The van der Waals surface area contributed by atoms with Gasteiger partial charge < -0.3 is 4.74 Å². The highest BCUT2D eigenvalue weighted by Crippen LogP contribution is 2.54. The van der Waals surface area contributed by atoms with Crippen molar-refractivity contribution in [2.75, 3.05) is 20.7 Å². The molecule has 1 saturated heterocycles. The van der Waals surface area contributed by atoms with E-state index >= 15 is 0 Å². The molecule has 0 spiro atoms. The lowest BCUT2D eigenvalue weighted by molar-refractivity contribution is 0.127. The van der Waals surface area contributed by atoms with Crippen LogP contribution in [0.15, 0.2) is 48.5 Å². The van der Waals surface area contributed by atoms with Crippen LogP contribution in [0.25, 0.3) is 0 Å². The van der Waals surface area contributed by atoms with E-state index in [2.05, 4.69) is 60.5 Å². The van der Waals surface area contributed by atoms with Crippen LogP contribution in [0, 0.1) is 5.92 Å². The van der Waals surface area contributed by atoms with E-state index in [-0.39, 0.29) is 0 Å². The molecule has 2 aliphatic rings. The molecule has 1 fully saturated rings. The van der Waals surface area contributed by atoms with Crippen molar-refractivity contribution in [3.05, 3.63) is 65.2 Å². The van der Waals surface area contributed by atoms with E-state index in [1.54, 1.807) is 7.11 Å². The van der Waals surface area contributed by atoms with Gasteiger partial charge in [-0.3, -0.25) is 4.90 Å². The molecule has 0 bridgehead atoms. The summed E-state index contributed by atoms with van der Waals surface area (Å²) in [6.45, 7) is 1.21. The van der Waals surface area contributed by atoms with Gasteiger partial charge in [0.05, 0.1) is 7.11 Å². The lowest BCUT2D eigenvalue weighted by atomic mass is 9.80. The Kier molecular flexibility index (Phi) is 3.42. The number of rotatable bonds is 2. The molecule has 1 aliphatic heterocycles. The third-order valence-electron chi connectivity index (χ3n) is 5.48. The zero-order valence-electron chi connectivity index (χ0n) is 13.3. The zero-order chi connectivity index (χ0) is 15.1. The Bertz CT molecular complexity index is 664. The fourth-order valence-electron chi connectivity index (χ4n) is 4.55.